The van der Waals surface area contributed by atoms with Crippen molar-refractivity contribution in [2.24, 2.45) is 5.41 Å². The summed E-state index contributed by atoms with van der Waals surface area (Å²) in [4.78, 5) is 13.5. The third kappa shape index (κ3) is 3.64. The number of nitrogens with one attached hydrogen (secondary N) is 1. The molecule has 1 aliphatic heterocycles. The lowest BCUT2D eigenvalue weighted by atomic mass is 9.96. The van der Waals surface area contributed by atoms with Gasteiger partial charge in [-0.2, -0.15) is 0 Å². The van der Waals surface area contributed by atoms with Crippen molar-refractivity contribution >= 4 is 6.09 Å². The molecule has 0 aromatic rings. The molecule has 1 N–H and O–H groups in total. The van der Waals surface area contributed by atoms with E-state index in [2.05, 4.69) is 5.32 Å². The average molecular weight is 230 g/mol. The van der Waals surface area contributed by atoms with Crippen LogP contribution in [-0.2, 0) is 9.47 Å². The highest BCUT2D eigenvalue weighted by Crippen LogP contribution is 2.23. The van der Waals surface area contributed by atoms with Gasteiger partial charge in [-0.25, -0.2) is 4.79 Å². The first-order valence-electron chi connectivity index (χ1n) is 5.64. The second kappa shape index (κ2) is 5.50. The van der Waals surface area contributed by atoms with Crippen LogP contribution in [0.25, 0.3) is 0 Å². The number of rotatable bonds is 2. The van der Waals surface area contributed by atoms with E-state index in [1.165, 1.54) is 0 Å². The predicted octanol–water partition coefficient (Wildman–Crippen LogP) is 1.05. The monoisotopic (exact) mass is 230 g/mol. The summed E-state index contributed by atoms with van der Waals surface area (Å²) in [5, 5.41) is 3.19. The van der Waals surface area contributed by atoms with E-state index in [9.17, 15) is 4.79 Å². The van der Waals surface area contributed by atoms with Crippen molar-refractivity contribution in [3.8, 4) is 0 Å². The zero-order chi connectivity index (χ0) is 12.2. The highest BCUT2D eigenvalue weighted by Gasteiger charge is 2.30. The zero-order valence-corrected chi connectivity index (χ0v) is 10.6. The first-order chi connectivity index (χ1) is 7.45. The Labute approximate surface area is 97.1 Å². The van der Waals surface area contributed by atoms with Gasteiger partial charge in [0.05, 0.1) is 0 Å². The van der Waals surface area contributed by atoms with E-state index in [-0.39, 0.29) is 11.5 Å². The standard InChI is InChI=1S/C11H22N2O3/c1-11(2,3)9(15-4)16-10(14)13-7-5-12-6-8-13/h9,12H,5-8H2,1-4H3. The molecular formula is C11H22N2O3. The van der Waals surface area contributed by atoms with Crippen molar-refractivity contribution in [1.29, 1.82) is 0 Å². The molecule has 1 heterocycles. The van der Waals surface area contributed by atoms with E-state index in [0.717, 1.165) is 13.1 Å². The summed E-state index contributed by atoms with van der Waals surface area (Å²) in [5.74, 6) is 0. The van der Waals surface area contributed by atoms with E-state index < -0.39 is 6.29 Å². The quantitative estimate of drug-likeness (QED) is 0.720. The molecule has 1 rings (SSSR count). The van der Waals surface area contributed by atoms with E-state index in [4.69, 9.17) is 9.47 Å². The molecule has 1 amide bonds. The Morgan fingerprint density at radius 2 is 1.88 bits per heavy atom. The minimum absolute atomic E-state index is 0.210. The smallest absolute Gasteiger partial charge is 0.412 e. The summed E-state index contributed by atoms with van der Waals surface area (Å²) in [6.45, 7) is 8.97. The van der Waals surface area contributed by atoms with Crippen molar-refractivity contribution in [2.45, 2.75) is 27.1 Å². The van der Waals surface area contributed by atoms with Crippen LogP contribution in [0.5, 0.6) is 0 Å². The second-order valence-electron chi connectivity index (χ2n) is 5.05. The maximum atomic E-state index is 11.8. The van der Waals surface area contributed by atoms with Crippen molar-refractivity contribution in [2.75, 3.05) is 33.3 Å². The van der Waals surface area contributed by atoms with Crippen molar-refractivity contribution in [3.05, 3.63) is 0 Å². The van der Waals surface area contributed by atoms with Gasteiger partial charge in [-0.15, -0.1) is 0 Å². The first kappa shape index (κ1) is 13.3. The van der Waals surface area contributed by atoms with E-state index in [1.54, 1.807) is 12.0 Å². The number of piperazine rings is 1. The van der Waals surface area contributed by atoms with Gasteiger partial charge in [-0.05, 0) is 0 Å². The van der Waals surface area contributed by atoms with Gasteiger partial charge < -0.3 is 19.7 Å². The number of hydrogen-bond donors (Lipinski definition) is 1. The topological polar surface area (TPSA) is 50.8 Å². The molecule has 1 aliphatic rings. The fraction of sp³-hybridized carbons (Fsp3) is 0.909. The number of nitrogens with zero attached hydrogens (tertiary/aromatic N) is 1. The Kier molecular flexibility index (Phi) is 4.56. The van der Waals surface area contributed by atoms with Gasteiger partial charge in [0.25, 0.3) is 0 Å². The number of methoxy groups -OCH3 is 1. The second-order valence-corrected chi connectivity index (χ2v) is 5.05. The molecule has 5 nitrogen and oxygen atoms in total. The lowest BCUT2D eigenvalue weighted by Gasteiger charge is -2.32. The zero-order valence-electron chi connectivity index (χ0n) is 10.6. The first-order valence-corrected chi connectivity index (χ1v) is 5.64. The normalized spacial score (nSPS) is 19.4. The Morgan fingerprint density at radius 3 is 2.31 bits per heavy atom. The molecule has 0 saturated carbocycles. The van der Waals surface area contributed by atoms with E-state index in [0.29, 0.717) is 13.1 Å². The molecule has 1 fully saturated rings. The van der Waals surface area contributed by atoms with Crippen LogP contribution in [0.3, 0.4) is 0 Å². The summed E-state index contributed by atoms with van der Waals surface area (Å²) in [7, 11) is 1.56. The molecule has 1 saturated heterocycles. The molecule has 1 unspecified atom stereocenters. The SMILES string of the molecule is COC(OC(=O)N1CCNCC1)C(C)(C)C. The third-order valence-corrected chi connectivity index (χ3v) is 2.50. The Morgan fingerprint density at radius 1 is 1.31 bits per heavy atom. The van der Waals surface area contributed by atoms with Gasteiger partial charge in [0.2, 0.25) is 6.29 Å². The Hall–Kier alpha value is -0.810. The lowest BCUT2D eigenvalue weighted by molar-refractivity contribution is -0.148. The largest absolute Gasteiger partial charge is 0.419 e. The van der Waals surface area contributed by atoms with Crippen LogP contribution in [-0.4, -0.2) is 50.6 Å². The molecule has 5 heteroatoms. The predicted molar refractivity (Wildman–Crippen MR) is 61.2 cm³/mol. The van der Waals surface area contributed by atoms with Gasteiger partial charge in [0, 0.05) is 38.7 Å². The van der Waals surface area contributed by atoms with Gasteiger partial charge in [0.1, 0.15) is 0 Å². The summed E-state index contributed by atoms with van der Waals surface area (Å²) in [6.07, 6.45) is -0.793. The summed E-state index contributed by atoms with van der Waals surface area (Å²) in [5.41, 5.74) is -0.210. The molecular weight excluding hydrogens is 208 g/mol. The molecule has 1 atom stereocenters. The third-order valence-electron chi connectivity index (χ3n) is 2.50. The summed E-state index contributed by atoms with van der Waals surface area (Å²) >= 11 is 0. The fourth-order valence-corrected chi connectivity index (χ4v) is 1.59. The summed E-state index contributed by atoms with van der Waals surface area (Å²) in [6, 6.07) is 0. The Balaban J connectivity index is 2.48. The summed E-state index contributed by atoms with van der Waals surface area (Å²) < 4.78 is 10.5. The van der Waals surface area contributed by atoms with Crippen molar-refractivity contribution in [1.82, 2.24) is 10.2 Å². The molecule has 0 spiro atoms. The molecule has 94 valence electrons. The van der Waals surface area contributed by atoms with Gasteiger partial charge in [0.15, 0.2) is 0 Å². The van der Waals surface area contributed by atoms with Gasteiger partial charge in [-0.1, -0.05) is 20.8 Å². The number of carbonyl (C=O) groups excluding carboxylic acids is 1. The van der Waals surface area contributed by atoms with Crippen LogP contribution in [0, 0.1) is 5.41 Å². The van der Waals surface area contributed by atoms with E-state index in [1.807, 2.05) is 20.8 Å². The average Bonchev–Trinajstić information content (AvgIpc) is 2.25. The molecule has 0 aromatic carbocycles. The highest BCUT2D eigenvalue weighted by molar-refractivity contribution is 5.67. The van der Waals surface area contributed by atoms with Crippen LogP contribution in [0.4, 0.5) is 4.79 Å². The van der Waals surface area contributed by atoms with Crippen LogP contribution < -0.4 is 5.32 Å². The number of ether oxygens (including phenoxy) is 2. The van der Waals surface area contributed by atoms with Crippen LogP contribution >= 0.6 is 0 Å². The molecule has 0 aromatic heterocycles. The minimum Gasteiger partial charge on any atom is -0.419 e. The van der Waals surface area contributed by atoms with Crippen molar-refractivity contribution < 1.29 is 14.3 Å². The molecule has 0 bridgehead atoms. The lowest BCUT2D eigenvalue weighted by Crippen LogP contribution is -2.48. The number of amides is 1. The fourth-order valence-electron chi connectivity index (χ4n) is 1.59. The van der Waals surface area contributed by atoms with Crippen LogP contribution in [0.15, 0.2) is 0 Å². The molecule has 0 radical (unpaired) electrons. The highest BCUT2D eigenvalue weighted by atomic mass is 16.7. The van der Waals surface area contributed by atoms with Gasteiger partial charge >= 0.3 is 6.09 Å². The van der Waals surface area contributed by atoms with Gasteiger partial charge in [-0.3, -0.25) is 0 Å². The van der Waals surface area contributed by atoms with Crippen molar-refractivity contribution in [3.63, 3.8) is 0 Å². The Bertz CT molecular complexity index is 232. The minimum atomic E-state index is -0.505. The van der Waals surface area contributed by atoms with Crippen LogP contribution in [0.1, 0.15) is 20.8 Å². The van der Waals surface area contributed by atoms with Crippen LogP contribution in [0.2, 0.25) is 0 Å². The number of hydrogen-bond acceptors (Lipinski definition) is 4. The van der Waals surface area contributed by atoms with E-state index >= 15 is 0 Å². The molecule has 16 heavy (non-hydrogen) atoms. The maximum absolute atomic E-state index is 11.8. The maximum Gasteiger partial charge on any atom is 0.412 e. The molecule has 0 aliphatic carbocycles. The number of carbonyl (C=O) groups is 1.